The first kappa shape index (κ1) is 16.9. The Bertz CT molecular complexity index is 953. The van der Waals surface area contributed by atoms with Gasteiger partial charge in [0.25, 0.3) is 5.91 Å². The Morgan fingerprint density at radius 3 is 2.69 bits per heavy atom. The van der Waals surface area contributed by atoms with E-state index in [2.05, 4.69) is 44.3 Å². The van der Waals surface area contributed by atoms with Gasteiger partial charge in [-0.1, -0.05) is 34.1 Å². The SMILES string of the molecule is CC1Cc2ccccc2N1C(=O)C(C)n1nnc(-c2ccc(Br)cc2)n1. The summed E-state index contributed by atoms with van der Waals surface area (Å²) in [6.07, 6.45) is 0.865. The minimum atomic E-state index is -0.527. The molecule has 0 aliphatic carbocycles. The summed E-state index contributed by atoms with van der Waals surface area (Å²) in [4.78, 5) is 16.3. The molecule has 0 saturated carbocycles. The molecule has 4 rings (SSSR count). The molecule has 3 aromatic rings. The Kier molecular flexibility index (Phi) is 4.32. The number of hydrogen-bond donors (Lipinski definition) is 0. The average molecular weight is 412 g/mol. The van der Waals surface area contributed by atoms with Crippen LogP contribution < -0.4 is 4.90 Å². The van der Waals surface area contributed by atoms with Gasteiger partial charge < -0.3 is 4.90 Å². The predicted molar refractivity (Wildman–Crippen MR) is 103 cm³/mol. The lowest BCUT2D eigenvalue weighted by Gasteiger charge is -2.25. The highest BCUT2D eigenvalue weighted by molar-refractivity contribution is 9.10. The van der Waals surface area contributed by atoms with Gasteiger partial charge in [0.05, 0.1) is 0 Å². The van der Waals surface area contributed by atoms with Gasteiger partial charge in [0.2, 0.25) is 5.82 Å². The standard InChI is InChI=1S/C19H18BrN5O/c1-12-11-15-5-3-4-6-17(15)24(12)19(26)13(2)25-22-18(21-23-25)14-7-9-16(20)10-8-14/h3-10,12-13H,11H2,1-2H3. The lowest BCUT2D eigenvalue weighted by molar-refractivity contribution is -0.122. The highest BCUT2D eigenvalue weighted by atomic mass is 79.9. The topological polar surface area (TPSA) is 63.9 Å². The van der Waals surface area contributed by atoms with Crippen molar-refractivity contribution in [3.63, 3.8) is 0 Å². The van der Waals surface area contributed by atoms with Crippen LogP contribution in [-0.2, 0) is 11.2 Å². The van der Waals surface area contributed by atoms with Gasteiger partial charge in [-0.3, -0.25) is 4.79 Å². The van der Waals surface area contributed by atoms with Gasteiger partial charge in [-0.2, -0.15) is 4.80 Å². The third kappa shape index (κ3) is 2.92. The second kappa shape index (κ2) is 6.64. The number of nitrogens with zero attached hydrogens (tertiary/aromatic N) is 5. The lowest BCUT2D eigenvalue weighted by atomic mass is 10.1. The first-order valence-electron chi connectivity index (χ1n) is 8.51. The number of aromatic nitrogens is 4. The number of anilines is 1. The van der Waals surface area contributed by atoms with Gasteiger partial charge >= 0.3 is 0 Å². The van der Waals surface area contributed by atoms with E-state index in [9.17, 15) is 4.79 Å². The number of halogens is 1. The van der Waals surface area contributed by atoms with Gasteiger partial charge in [0.1, 0.15) is 6.04 Å². The first-order valence-corrected chi connectivity index (χ1v) is 9.30. The molecule has 26 heavy (non-hydrogen) atoms. The van der Waals surface area contributed by atoms with Crippen LogP contribution in [0.2, 0.25) is 0 Å². The van der Waals surface area contributed by atoms with Crippen molar-refractivity contribution in [2.75, 3.05) is 4.90 Å². The van der Waals surface area contributed by atoms with Crippen molar-refractivity contribution in [3.8, 4) is 11.4 Å². The molecule has 0 N–H and O–H groups in total. The van der Waals surface area contributed by atoms with Gasteiger partial charge in [-0.25, -0.2) is 0 Å². The normalized spacial score (nSPS) is 17.2. The van der Waals surface area contributed by atoms with Crippen LogP contribution in [0.15, 0.2) is 53.0 Å². The fraction of sp³-hybridized carbons (Fsp3) is 0.263. The number of carbonyl (C=O) groups excluding carboxylic acids is 1. The maximum absolute atomic E-state index is 13.1. The number of tetrazole rings is 1. The van der Waals surface area contributed by atoms with Crippen LogP contribution in [0.5, 0.6) is 0 Å². The van der Waals surface area contributed by atoms with Crippen LogP contribution in [0, 0.1) is 0 Å². The Morgan fingerprint density at radius 2 is 1.92 bits per heavy atom. The first-order chi connectivity index (χ1) is 12.5. The predicted octanol–water partition coefficient (Wildman–Crippen LogP) is 3.64. The van der Waals surface area contributed by atoms with Crippen molar-refractivity contribution in [1.29, 1.82) is 0 Å². The largest absolute Gasteiger partial charge is 0.307 e. The average Bonchev–Trinajstić information content (AvgIpc) is 3.25. The zero-order valence-electron chi connectivity index (χ0n) is 14.5. The van der Waals surface area contributed by atoms with Gasteiger partial charge in [-0.05, 0) is 61.4 Å². The number of amides is 1. The number of benzene rings is 2. The molecule has 0 spiro atoms. The molecule has 7 heteroatoms. The lowest BCUT2D eigenvalue weighted by Crippen LogP contribution is -2.40. The molecular weight excluding hydrogens is 394 g/mol. The van der Waals surface area contributed by atoms with E-state index in [1.165, 1.54) is 10.4 Å². The van der Waals surface area contributed by atoms with Gasteiger partial charge in [0.15, 0.2) is 0 Å². The highest BCUT2D eigenvalue weighted by Crippen LogP contribution is 2.33. The van der Waals surface area contributed by atoms with E-state index in [-0.39, 0.29) is 11.9 Å². The van der Waals surface area contributed by atoms with E-state index in [1.54, 1.807) is 0 Å². The number of hydrogen-bond acceptors (Lipinski definition) is 4. The van der Waals surface area contributed by atoms with Crippen molar-refractivity contribution in [2.45, 2.75) is 32.4 Å². The van der Waals surface area contributed by atoms with Crippen molar-refractivity contribution >= 4 is 27.5 Å². The number of carbonyl (C=O) groups is 1. The third-order valence-electron chi connectivity index (χ3n) is 4.68. The summed E-state index contributed by atoms with van der Waals surface area (Å²) < 4.78 is 0.985. The third-order valence-corrected chi connectivity index (χ3v) is 5.21. The molecule has 0 saturated heterocycles. The van der Waals surface area contributed by atoms with E-state index in [0.29, 0.717) is 5.82 Å². The number of rotatable bonds is 3. The molecule has 2 unspecified atom stereocenters. The van der Waals surface area contributed by atoms with Crippen molar-refractivity contribution < 1.29 is 4.79 Å². The molecule has 6 nitrogen and oxygen atoms in total. The summed E-state index contributed by atoms with van der Waals surface area (Å²) in [5.41, 5.74) is 3.03. The van der Waals surface area contributed by atoms with E-state index in [0.717, 1.165) is 22.1 Å². The molecule has 0 bridgehead atoms. The zero-order chi connectivity index (χ0) is 18.3. The van der Waals surface area contributed by atoms with Crippen molar-refractivity contribution in [3.05, 3.63) is 58.6 Å². The second-order valence-corrected chi connectivity index (χ2v) is 7.42. The summed E-state index contributed by atoms with van der Waals surface area (Å²) in [7, 11) is 0. The molecule has 0 fully saturated rings. The maximum Gasteiger partial charge on any atom is 0.253 e. The van der Waals surface area contributed by atoms with Crippen LogP contribution in [0.4, 0.5) is 5.69 Å². The van der Waals surface area contributed by atoms with E-state index in [4.69, 9.17) is 0 Å². The summed E-state index contributed by atoms with van der Waals surface area (Å²) in [6, 6.07) is 15.3. The molecule has 1 amide bonds. The molecule has 1 aliphatic rings. The van der Waals surface area contributed by atoms with Gasteiger partial charge in [-0.15, -0.1) is 10.2 Å². The molecule has 2 aromatic carbocycles. The van der Waals surface area contributed by atoms with Crippen LogP contribution in [0.1, 0.15) is 25.5 Å². The fourth-order valence-corrected chi connectivity index (χ4v) is 3.57. The minimum Gasteiger partial charge on any atom is -0.307 e. The molecule has 132 valence electrons. The van der Waals surface area contributed by atoms with Crippen LogP contribution in [0.25, 0.3) is 11.4 Å². The Balaban J connectivity index is 1.59. The van der Waals surface area contributed by atoms with Crippen LogP contribution in [0.3, 0.4) is 0 Å². The highest BCUT2D eigenvalue weighted by Gasteiger charge is 2.34. The van der Waals surface area contributed by atoms with E-state index >= 15 is 0 Å². The fourth-order valence-electron chi connectivity index (χ4n) is 3.31. The summed E-state index contributed by atoms with van der Waals surface area (Å²) >= 11 is 3.41. The van der Waals surface area contributed by atoms with Crippen LogP contribution in [-0.4, -0.2) is 32.2 Å². The van der Waals surface area contributed by atoms with Crippen molar-refractivity contribution in [2.24, 2.45) is 0 Å². The molecule has 2 atom stereocenters. The molecule has 1 aliphatic heterocycles. The number of fused-ring (bicyclic) bond motifs is 1. The van der Waals surface area contributed by atoms with E-state index in [1.807, 2.05) is 54.3 Å². The Labute approximate surface area is 160 Å². The zero-order valence-corrected chi connectivity index (χ0v) is 16.1. The second-order valence-electron chi connectivity index (χ2n) is 6.51. The smallest absolute Gasteiger partial charge is 0.253 e. The minimum absolute atomic E-state index is 0.0257. The molecule has 2 heterocycles. The maximum atomic E-state index is 13.1. The molecule has 0 radical (unpaired) electrons. The number of para-hydroxylation sites is 1. The molecular formula is C19H18BrN5O. The van der Waals surface area contributed by atoms with Crippen LogP contribution >= 0.6 is 15.9 Å². The summed E-state index contributed by atoms with van der Waals surface area (Å²) in [6.45, 7) is 3.87. The molecule has 1 aromatic heterocycles. The summed E-state index contributed by atoms with van der Waals surface area (Å²) in [5.74, 6) is 0.481. The van der Waals surface area contributed by atoms with E-state index < -0.39 is 6.04 Å². The summed E-state index contributed by atoms with van der Waals surface area (Å²) in [5, 5.41) is 12.6. The Morgan fingerprint density at radius 1 is 1.19 bits per heavy atom. The quantitative estimate of drug-likeness (QED) is 0.659. The Hall–Kier alpha value is -2.54. The monoisotopic (exact) mass is 411 g/mol. The van der Waals surface area contributed by atoms with Gasteiger partial charge in [0, 0.05) is 21.8 Å². The van der Waals surface area contributed by atoms with Crippen molar-refractivity contribution in [1.82, 2.24) is 20.2 Å².